The maximum absolute atomic E-state index is 14.6. The van der Waals surface area contributed by atoms with E-state index in [1.807, 2.05) is 0 Å². The summed E-state index contributed by atoms with van der Waals surface area (Å²) in [6.07, 6.45) is -24.4. The number of carboxylic acids is 4. The summed E-state index contributed by atoms with van der Waals surface area (Å²) >= 11 is 0. The SMILES string of the molecule is O=C(O)c1cccc(Oc2c(-c3ccc(C(F)(F)F)c(C(F)(F)F)c3Oc3cccc(C(=O)O)c3C(=O)O)ccc(C(F)(F)F)c2C(F)(F)F)c1C(=O)O. The molecule has 0 saturated heterocycles. The van der Waals surface area contributed by atoms with Gasteiger partial charge in [0.25, 0.3) is 0 Å². The molecule has 0 heterocycles. The number of carbonyl (C=O) groups is 4. The van der Waals surface area contributed by atoms with Crippen molar-refractivity contribution in [2.24, 2.45) is 0 Å². The molecule has 0 fully saturated rings. The number of halogens is 12. The Morgan fingerprint density at radius 1 is 0.426 bits per heavy atom. The summed E-state index contributed by atoms with van der Waals surface area (Å²) in [4.78, 5) is 47.4. The standard InChI is InChI=1S/C32H14F12O10/c33-29(34,35)15-9-7-11(23(21(15)31(39,40)41)53-17-5-1-3-13(25(45)46)19(17)27(49)50)12-8-10-16(30(36,37)38)22(32(42,43)44)24(12)54-18-6-2-4-14(26(47)48)20(18)28(51)52/h1-10H,(H,45,46)(H,47,48)(H,49,50)(H,51,52). The van der Waals surface area contributed by atoms with E-state index in [2.05, 4.69) is 0 Å². The largest absolute Gasteiger partial charge is 0.478 e. The van der Waals surface area contributed by atoms with Crippen LogP contribution in [0.15, 0.2) is 60.7 Å². The molecule has 0 aliphatic rings. The summed E-state index contributed by atoms with van der Waals surface area (Å²) in [7, 11) is 0. The van der Waals surface area contributed by atoms with Crippen LogP contribution in [0.3, 0.4) is 0 Å². The van der Waals surface area contributed by atoms with Crippen LogP contribution in [0.4, 0.5) is 52.7 Å². The average Bonchev–Trinajstić information content (AvgIpc) is 3.02. The topological polar surface area (TPSA) is 168 Å². The highest BCUT2D eigenvalue weighted by molar-refractivity contribution is 6.04. The second-order valence-corrected chi connectivity index (χ2v) is 10.5. The van der Waals surface area contributed by atoms with Gasteiger partial charge in [0.1, 0.15) is 45.3 Å². The van der Waals surface area contributed by atoms with E-state index in [0.29, 0.717) is 36.4 Å². The van der Waals surface area contributed by atoms with Crippen molar-refractivity contribution < 1.29 is 102 Å². The Morgan fingerprint density at radius 3 is 0.981 bits per heavy atom. The summed E-state index contributed by atoms with van der Waals surface area (Å²) in [5.41, 5.74) is -19.8. The van der Waals surface area contributed by atoms with Gasteiger partial charge in [-0.2, -0.15) is 52.7 Å². The van der Waals surface area contributed by atoms with Crippen LogP contribution in [0.1, 0.15) is 63.7 Å². The molecule has 0 atom stereocenters. The molecule has 0 aromatic heterocycles. The van der Waals surface area contributed by atoms with E-state index in [9.17, 15) is 92.3 Å². The second-order valence-electron chi connectivity index (χ2n) is 10.5. The van der Waals surface area contributed by atoms with Crippen molar-refractivity contribution in [3.8, 4) is 34.1 Å². The van der Waals surface area contributed by atoms with Crippen molar-refractivity contribution in [3.05, 3.63) is 105 Å². The van der Waals surface area contributed by atoms with Crippen molar-refractivity contribution in [2.45, 2.75) is 24.7 Å². The zero-order chi connectivity index (χ0) is 40.9. The number of hydrogen-bond donors (Lipinski definition) is 4. The monoisotopic (exact) mass is 786 g/mol. The molecule has 4 aromatic carbocycles. The van der Waals surface area contributed by atoms with Gasteiger partial charge in [0, 0.05) is 11.1 Å². The first-order chi connectivity index (χ1) is 24.7. The Bertz CT molecular complexity index is 2050. The van der Waals surface area contributed by atoms with Crippen LogP contribution in [0, 0.1) is 0 Å². The lowest BCUT2D eigenvalue weighted by atomic mass is 9.92. The Hall–Kier alpha value is -6.48. The maximum atomic E-state index is 14.6. The van der Waals surface area contributed by atoms with Gasteiger partial charge in [-0.05, 0) is 48.5 Å². The summed E-state index contributed by atoms with van der Waals surface area (Å²) < 4.78 is 182. The summed E-state index contributed by atoms with van der Waals surface area (Å²) in [5.74, 6) is -16.0. The van der Waals surface area contributed by atoms with Crippen LogP contribution in [-0.2, 0) is 24.7 Å². The predicted molar refractivity (Wildman–Crippen MR) is 153 cm³/mol. The lowest BCUT2D eigenvalue weighted by molar-refractivity contribution is -0.162. The molecule has 4 N–H and O–H groups in total. The first-order valence-corrected chi connectivity index (χ1v) is 13.9. The minimum Gasteiger partial charge on any atom is -0.478 e. The molecule has 0 aliphatic carbocycles. The fraction of sp³-hybridized carbons (Fsp3) is 0.125. The molecule has 0 radical (unpaired) electrons. The van der Waals surface area contributed by atoms with Gasteiger partial charge >= 0.3 is 48.6 Å². The van der Waals surface area contributed by atoms with Gasteiger partial charge in [-0.3, -0.25) is 0 Å². The van der Waals surface area contributed by atoms with Gasteiger partial charge < -0.3 is 29.9 Å². The molecule has 54 heavy (non-hydrogen) atoms. The molecule has 0 spiro atoms. The van der Waals surface area contributed by atoms with Crippen LogP contribution in [-0.4, -0.2) is 44.3 Å². The molecule has 0 amide bonds. The Morgan fingerprint density at radius 2 is 0.741 bits per heavy atom. The Kier molecular flexibility index (Phi) is 10.3. The van der Waals surface area contributed by atoms with Crippen molar-refractivity contribution >= 4 is 23.9 Å². The van der Waals surface area contributed by atoms with Gasteiger partial charge in [0.05, 0.1) is 22.3 Å². The molecule has 286 valence electrons. The highest BCUT2D eigenvalue weighted by atomic mass is 19.4. The van der Waals surface area contributed by atoms with Crippen molar-refractivity contribution in [3.63, 3.8) is 0 Å². The lowest BCUT2D eigenvalue weighted by Gasteiger charge is -2.26. The number of hydrogen-bond acceptors (Lipinski definition) is 6. The molecule has 0 saturated carbocycles. The molecule has 0 aliphatic heterocycles. The number of benzene rings is 4. The van der Waals surface area contributed by atoms with E-state index in [4.69, 9.17) is 9.47 Å². The van der Waals surface area contributed by atoms with Crippen LogP contribution in [0.25, 0.3) is 11.1 Å². The van der Waals surface area contributed by atoms with Crippen LogP contribution >= 0.6 is 0 Å². The molecule has 10 nitrogen and oxygen atoms in total. The maximum Gasteiger partial charge on any atom is 0.420 e. The number of aromatic carboxylic acids is 4. The van der Waals surface area contributed by atoms with Crippen LogP contribution in [0.5, 0.6) is 23.0 Å². The summed E-state index contributed by atoms with van der Waals surface area (Å²) in [6, 6.07) is 2.47. The van der Waals surface area contributed by atoms with Crippen molar-refractivity contribution in [2.75, 3.05) is 0 Å². The first kappa shape index (κ1) is 40.3. The van der Waals surface area contributed by atoms with E-state index in [-0.39, 0.29) is 24.3 Å². The zero-order valence-corrected chi connectivity index (χ0v) is 25.5. The number of ether oxygens (including phenoxy) is 2. The lowest BCUT2D eigenvalue weighted by Crippen LogP contribution is -2.20. The molecule has 4 rings (SSSR count). The zero-order valence-electron chi connectivity index (χ0n) is 25.5. The summed E-state index contributed by atoms with van der Waals surface area (Å²) in [6.45, 7) is 0. The van der Waals surface area contributed by atoms with E-state index >= 15 is 0 Å². The molecular formula is C32H14F12O10. The Labute approximate surface area is 290 Å². The smallest absolute Gasteiger partial charge is 0.420 e. The fourth-order valence-corrected chi connectivity index (χ4v) is 5.09. The third-order valence-electron chi connectivity index (χ3n) is 7.15. The highest BCUT2D eigenvalue weighted by Crippen LogP contribution is 2.55. The molecule has 22 heteroatoms. The highest BCUT2D eigenvalue weighted by Gasteiger charge is 2.50. The van der Waals surface area contributed by atoms with Crippen LogP contribution < -0.4 is 9.47 Å². The van der Waals surface area contributed by atoms with E-state index in [1.165, 1.54) is 0 Å². The average molecular weight is 786 g/mol. The molecule has 4 aromatic rings. The quantitative estimate of drug-likeness (QED) is 0.120. The third kappa shape index (κ3) is 7.80. The Balaban J connectivity index is 2.30. The number of rotatable bonds is 9. The van der Waals surface area contributed by atoms with Gasteiger partial charge in [0.2, 0.25) is 0 Å². The molecule has 0 bridgehead atoms. The minimum absolute atomic E-state index is 0.0315. The van der Waals surface area contributed by atoms with Crippen molar-refractivity contribution in [1.29, 1.82) is 0 Å². The summed E-state index contributed by atoms with van der Waals surface area (Å²) in [5, 5.41) is 38.2. The normalized spacial score (nSPS) is 12.3. The van der Waals surface area contributed by atoms with Gasteiger partial charge in [-0.25, -0.2) is 19.2 Å². The number of alkyl halides is 12. The second kappa shape index (κ2) is 13.8. The molecule has 0 unspecified atom stereocenters. The van der Waals surface area contributed by atoms with Gasteiger partial charge in [-0.15, -0.1) is 0 Å². The van der Waals surface area contributed by atoms with Crippen LogP contribution in [0.2, 0.25) is 0 Å². The van der Waals surface area contributed by atoms with Crippen molar-refractivity contribution in [1.82, 2.24) is 0 Å². The van der Waals surface area contributed by atoms with Gasteiger partial charge in [-0.1, -0.05) is 12.1 Å². The first-order valence-electron chi connectivity index (χ1n) is 13.9. The fourth-order valence-electron chi connectivity index (χ4n) is 5.09. The van der Waals surface area contributed by atoms with E-state index in [1.54, 1.807) is 0 Å². The minimum atomic E-state index is -6.24. The van der Waals surface area contributed by atoms with Gasteiger partial charge in [0.15, 0.2) is 0 Å². The van der Waals surface area contributed by atoms with E-state index < -0.39 is 127 Å². The van der Waals surface area contributed by atoms with E-state index in [0.717, 1.165) is 0 Å². The number of carboxylic acid groups (broad SMARTS) is 4. The molecular weight excluding hydrogens is 772 g/mol. The third-order valence-corrected chi connectivity index (χ3v) is 7.15. The predicted octanol–water partition coefficient (Wildman–Crippen LogP) is 9.81.